The largest absolute Gasteiger partial charge is 0.370 e. The number of nitrogens with one attached hydrogen (secondary N) is 5. The van der Waals surface area contributed by atoms with Gasteiger partial charge in [0.15, 0.2) is 5.96 Å². The van der Waals surface area contributed by atoms with E-state index in [9.17, 15) is 24.0 Å². The molecule has 0 aliphatic heterocycles. The summed E-state index contributed by atoms with van der Waals surface area (Å²) in [6.45, 7) is 3.97. The maximum Gasteiger partial charge on any atom is 0.273 e. The van der Waals surface area contributed by atoms with Gasteiger partial charge in [-0.3, -0.25) is 29.0 Å². The van der Waals surface area contributed by atoms with E-state index in [1.807, 2.05) is 0 Å². The van der Waals surface area contributed by atoms with Crippen molar-refractivity contribution < 1.29 is 24.0 Å². The number of aromatic nitrogens is 4. The van der Waals surface area contributed by atoms with Gasteiger partial charge in [0.1, 0.15) is 28.6 Å². The molecule has 0 bridgehead atoms. The molecule has 17 nitrogen and oxygen atoms in total. The molecule has 18 heteroatoms. The Hall–Kier alpha value is -6.04. The van der Waals surface area contributed by atoms with Gasteiger partial charge in [-0.25, -0.2) is 0 Å². The number of rotatable bonds is 12. The van der Waals surface area contributed by atoms with Gasteiger partial charge in [-0.1, -0.05) is 6.58 Å². The molecule has 0 unspecified atom stereocenters. The predicted molar refractivity (Wildman–Crippen MR) is 185 cm³/mol. The molecule has 0 saturated carbocycles. The number of aryl methyl sites for hydroxylation is 3. The highest BCUT2D eigenvalue weighted by Gasteiger charge is 2.20. The Morgan fingerprint density at radius 2 is 1.17 bits per heavy atom. The first-order valence-corrected chi connectivity index (χ1v) is 15.0. The molecule has 0 aliphatic carbocycles. The first-order valence-electron chi connectivity index (χ1n) is 14.2. The van der Waals surface area contributed by atoms with Gasteiger partial charge < -0.3 is 56.3 Å². The quantitative estimate of drug-likeness (QED) is 0.0494. The van der Waals surface area contributed by atoms with Crippen molar-refractivity contribution in [2.75, 3.05) is 34.4 Å². The van der Waals surface area contributed by atoms with Crippen LogP contribution >= 0.6 is 15.9 Å². The fourth-order valence-electron chi connectivity index (χ4n) is 4.66. The summed E-state index contributed by atoms with van der Waals surface area (Å²) in [5.74, 6) is -1.94. The van der Waals surface area contributed by atoms with Crippen molar-refractivity contribution >= 4 is 74.3 Å². The summed E-state index contributed by atoms with van der Waals surface area (Å²) in [6.07, 6.45) is 4.75. The van der Waals surface area contributed by atoms with Gasteiger partial charge in [0, 0.05) is 53.3 Å². The van der Waals surface area contributed by atoms with Crippen molar-refractivity contribution in [2.24, 2.45) is 44.7 Å². The third-order valence-electron chi connectivity index (χ3n) is 7.02. The van der Waals surface area contributed by atoms with Crippen LogP contribution in [-0.4, -0.2) is 66.9 Å². The molecule has 0 spiro atoms. The van der Waals surface area contributed by atoms with E-state index < -0.39 is 23.6 Å². The van der Waals surface area contributed by atoms with Crippen molar-refractivity contribution in [2.45, 2.75) is 0 Å². The van der Waals surface area contributed by atoms with Gasteiger partial charge in [0.05, 0.1) is 28.1 Å². The Morgan fingerprint density at radius 3 is 1.67 bits per heavy atom. The SMILES string of the molecule is C=C(Br)C(=O)Nc1cc(C(=O)Nc2ccc(C(=O)Nc3cc(C(=O)Nc4cc(C(=O)NCCN=C(N)N)n(C)c4)n(C)c3)n2C)n(C)c1. The van der Waals surface area contributed by atoms with Crippen LogP contribution in [0.2, 0.25) is 0 Å². The maximum absolute atomic E-state index is 13.2. The average Bonchev–Trinajstić information content (AvgIpc) is 3.76. The second-order valence-corrected chi connectivity index (χ2v) is 11.6. The molecule has 4 aromatic heterocycles. The number of guanidine groups is 1. The topological polar surface area (TPSA) is 230 Å². The van der Waals surface area contributed by atoms with Crippen LogP contribution in [0.4, 0.5) is 22.9 Å². The fourth-order valence-corrected chi connectivity index (χ4v) is 4.75. The molecule has 4 aromatic rings. The molecule has 0 aromatic carbocycles. The molecule has 4 rings (SSSR count). The Morgan fingerprint density at radius 1 is 0.708 bits per heavy atom. The molecule has 0 fully saturated rings. The summed E-state index contributed by atoms with van der Waals surface area (Å²) in [5.41, 5.74) is 12.8. The summed E-state index contributed by atoms with van der Waals surface area (Å²) in [7, 11) is 6.59. The Labute approximate surface area is 283 Å². The van der Waals surface area contributed by atoms with E-state index in [0.29, 0.717) is 28.6 Å². The summed E-state index contributed by atoms with van der Waals surface area (Å²) in [4.78, 5) is 67.5. The van der Waals surface area contributed by atoms with Gasteiger partial charge in [-0.15, -0.1) is 0 Å². The van der Waals surface area contributed by atoms with Crippen LogP contribution in [0.25, 0.3) is 0 Å². The van der Waals surface area contributed by atoms with Crippen LogP contribution < -0.4 is 38.1 Å². The van der Waals surface area contributed by atoms with E-state index in [-0.39, 0.29) is 46.5 Å². The van der Waals surface area contributed by atoms with Crippen molar-refractivity contribution in [1.82, 2.24) is 23.6 Å². The Balaban J connectivity index is 1.38. The maximum atomic E-state index is 13.2. The highest BCUT2D eigenvalue weighted by atomic mass is 79.9. The molecule has 252 valence electrons. The minimum Gasteiger partial charge on any atom is -0.370 e. The van der Waals surface area contributed by atoms with E-state index in [1.165, 1.54) is 22.8 Å². The van der Waals surface area contributed by atoms with Gasteiger partial charge in [-0.05, 0) is 46.3 Å². The fraction of sp³-hybridized carbons (Fsp3) is 0.200. The molecule has 0 saturated heterocycles. The minimum atomic E-state index is -0.479. The van der Waals surface area contributed by atoms with Crippen molar-refractivity contribution in [1.29, 1.82) is 0 Å². The van der Waals surface area contributed by atoms with E-state index in [2.05, 4.69) is 54.1 Å². The molecule has 0 atom stereocenters. The number of hydrogen-bond donors (Lipinski definition) is 7. The number of carbonyl (C=O) groups excluding carboxylic acids is 5. The molecule has 4 heterocycles. The number of amides is 5. The first-order chi connectivity index (χ1) is 22.6. The van der Waals surface area contributed by atoms with Gasteiger partial charge in [-0.2, -0.15) is 0 Å². The third kappa shape index (κ3) is 8.21. The zero-order valence-electron chi connectivity index (χ0n) is 26.6. The van der Waals surface area contributed by atoms with Crippen molar-refractivity contribution in [3.63, 3.8) is 0 Å². The van der Waals surface area contributed by atoms with E-state index >= 15 is 0 Å². The highest BCUT2D eigenvalue weighted by molar-refractivity contribution is 9.12. The summed E-state index contributed by atoms with van der Waals surface area (Å²) < 4.78 is 6.32. The zero-order valence-corrected chi connectivity index (χ0v) is 28.1. The van der Waals surface area contributed by atoms with Gasteiger partial charge in [0.2, 0.25) is 0 Å². The normalized spacial score (nSPS) is 10.6. The number of hydrogen-bond acceptors (Lipinski definition) is 6. The molecular formula is C30H35BrN12O5. The highest BCUT2D eigenvalue weighted by Crippen LogP contribution is 2.21. The standard InChI is InChI=1S/C30H35BrN12O5/c1-16(31)25(44)36-17-11-23(42(4)13-17)29(48)39-24-7-6-20(43(24)5)27(46)37-19-12-22(41(3)15-19)28(47)38-18-10-21(40(2)14-18)26(45)34-8-9-35-30(32)33/h6-7,10-15H,1,8-9H2,2-5H3,(H,34,45)(H,36,44)(H,37,46)(H,38,47)(H,39,48)(H4,32,33,35). The van der Waals surface area contributed by atoms with Crippen LogP contribution in [0.3, 0.4) is 0 Å². The number of carbonyl (C=O) groups is 5. The van der Waals surface area contributed by atoms with Crippen LogP contribution in [0.15, 0.2) is 65.0 Å². The summed E-state index contributed by atoms with van der Waals surface area (Å²) in [5, 5.41) is 13.6. The minimum absolute atomic E-state index is 0.0713. The van der Waals surface area contributed by atoms with E-state index in [0.717, 1.165) is 0 Å². The molecule has 5 amide bonds. The predicted octanol–water partition coefficient (Wildman–Crippen LogP) is 1.65. The molecular weight excluding hydrogens is 688 g/mol. The number of halogens is 1. The second-order valence-electron chi connectivity index (χ2n) is 10.6. The lowest BCUT2D eigenvalue weighted by molar-refractivity contribution is -0.112. The van der Waals surface area contributed by atoms with E-state index in [4.69, 9.17) is 11.5 Å². The lowest BCUT2D eigenvalue weighted by Gasteiger charge is -2.09. The van der Waals surface area contributed by atoms with E-state index in [1.54, 1.807) is 72.6 Å². The summed E-state index contributed by atoms with van der Waals surface area (Å²) >= 11 is 3.01. The summed E-state index contributed by atoms with van der Waals surface area (Å²) in [6, 6.07) is 7.67. The lowest BCUT2D eigenvalue weighted by Crippen LogP contribution is -2.29. The van der Waals surface area contributed by atoms with Crippen molar-refractivity contribution in [3.05, 3.63) is 82.8 Å². The smallest absolute Gasteiger partial charge is 0.273 e. The average molecular weight is 724 g/mol. The monoisotopic (exact) mass is 722 g/mol. The molecule has 48 heavy (non-hydrogen) atoms. The van der Waals surface area contributed by atoms with Crippen molar-refractivity contribution in [3.8, 4) is 0 Å². The Kier molecular flexibility index (Phi) is 10.6. The van der Waals surface area contributed by atoms with Crippen LogP contribution in [0.1, 0.15) is 42.0 Å². The van der Waals surface area contributed by atoms with Gasteiger partial charge >= 0.3 is 0 Å². The molecule has 0 aliphatic rings. The van der Waals surface area contributed by atoms with Crippen LogP contribution in [-0.2, 0) is 33.0 Å². The van der Waals surface area contributed by atoms with Gasteiger partial charge in [0.25, 0.3) is 29.5 Å². The molecule has 0 radical (unpaired) electrons. The number of nitrogens with two attached hydrogens (primary N) is 2. The third-order valence-corrected chi connectivity index (χ3v) is 7.38. The van der Waals surface area contributed by atoms with Crippen LogP contribution in [0, 0.1) is 0 Å². The molecule has 9 N–H and O–H groups in total. The number of nitrogens with zero attached hydrogens (tertiary/aromatic N) is 5. The first kappa shape index (κ1) is 34.8. The Bertz CT molecular complexity index is 1960. The number of aliphatic imine (C=N–C) groups is 1. The second kappa shape index (κ2) is 14.6. The van der Waals surface area contributed by atoms with Crippen LogP contribution in [0.5, 0.6) is 0 Å². The number of anilines is 4. The zero-order chi connectivity index (χ0) is 35.3. The lowest BCUT2D eigenvalue weighted by atomic mass is 10.3.